The fourth-order valence-electron chi connectivity index (χ4n) is 0.818. The lowest BCUT2D eigenvalue weighted by atomic mass is 10.2. The fraction of sp³-hybridized carbons (Fsp3) is 0.500. The van der Waals surface area contributed by atoms with Crippen LogP contribution in [0.1, 0.15) is 13.3 Å². The van der Waals surface area contributed by atoms with Gasteiger partial charge in [0.15, 0.2) is 5.88 Å². The van der Waals surface area contributed by atoms with Gasteiger partial charge in [-0.15, -0.1) is 0 Å². The molecule has 0 aromatic rings. The van der Waals surface area contributed by atoms with E-state index in [1.54, 1.807) is 0 Å². The summed E-state index contributed by atoms with van der Waals surface area (Å²) in [6, 6.07) is 1.97. The van der Waals surface area contributed by atoms with Crippen LogP contribution >= 0.6 is 0 Å². The molecule has 0 bridgehead atoms. The second-order valence-electron chi connectivity index (χ2n) is 2.09. The Morgan fingerprint density at radius 3 is 2.78 bits per heavy atom. The van der Waals surface area contributed by atoms with Gasteiger partial charge in [0.05, 0.1) is 5.57 Å². The van der Waals surface area contributed by atoms with Gasteiger partial charge in [-0.3, -0.25) is 0 Å². The maximum Gasteiger partial charge on any atom is 0.198 e. The van der Waals surface area contributed by atoms with E-state index in [1.807, 2.05) is 13.0 Å². The SMILES string of the molecule is C[C@@H]1CC(C#N)=C(N)O1. The Kier molecular flexibility index (Phi) is 1.31. The van der Waals surface area contributed by atoms with Gasteiger partial charge in [0.1, 0.15) is 12.2 Å². The molecule has 3 heteroatoms. The van der Waals surface area contributed by atoms with Crippen molar-refractivity contribution in [3.63, 3.8) is 0 Å². The summed E-state index contributed by atoms with van der Waals surface area (Å²) in [4.78, 5) is 0. The van der Waals surface area contributed by atoms with Gasteiger partial charge in [-0.2, -0.15) is 5.26 Å². The Balaban J connectivity index is 2.73. The number of hydrogen-bond acceptors (Lipinski definition) is 3. The highest BCUT2D eigenvalue weighted by Gasteiger charge is 2.19. The van der Waals surface area contributed by atoms with Gasteiger partial charge in [-0.1, -0.05) is 0 Å². The molecule has 0 spiro atoms. The minimum atomic E-state index is 0.0830. The number of hydrogen-bond donors (Lipinski definition) is 1. The van der Waals surface area contributed by atoms with Crippen molar-refractivity contribution in [1.29, 1.82) is 5.26 Å². The van der Waals surface area contributed by atoms with Crippen molar-refractivity contribution in [2.75, 3.05) is 0 Å². The minimum absolute atomic E-state index is 0.0830. The largest absolute Gasteiger partial charge is 0.475 e. The highest BCUT2D eigenvalue weighted by molar-refractivity contribution is 5.26. The number of rotatable bonds is 0. The lowest BCUT2D eigenvalue weighted by Gasteiger charge is -2.00. The van der Waals surface area contributed by atoms with Crippen LogP contribution in [0.5, 0.6) is 0 Å². The molecule has 0 unspecified atom stereocenters. The van der Waals surface area contributed by atoms with Crippen LogP contribution in [-0.4, -0.2) is 6.10 Å². The number of ether oxygens (including phenoxy) is 1. The molecule has 1 heterocycles. The molecular formula is C6H8N2O. The number of nitrogens with two attached hydrogens (primary N) is 1. The Labute approximate surface area is 53.7 Å². The van der Waals surface area contributed by atoms with Crippen molar-refractivity contribution in [1.82, 2.24) is 0 Å². The Bertz CT molecular complexity index is 190. The van der Waals surface area contributed by atoms with Crippen molar-refractivity contribution in [2.45, 2.75) is 19.4 Å². The predicted octanol–water partition coefficient (Wildman–Crippen LogP) is 0.489. The molecule has 0 amide bonds. The Hall–Kier alpha value is -1.17. The maximum atomic E-state index is 8.39. The topological polar surface area (TPSA) is 59.0 Å². The third kappa shape index (κ3) is 0.968. The molecule has 0 saturated heterocycles. The van der Waals surface area contributed by atoms with E-state index in [0.717, 1.165) is 0 Å². The average Bonchev–Trinajstić information content (AvgIpc) is 2.10. The van der Waals surface area contributed by atoms with Gasteiger partial charge < -0.3 is 10.5 Å². The molecule has 1 aliphatic rings. The van der Waals surface area contributed by atoms with Crippen LogP contribution < -0.4 is 5.73 Å². The Morgan fingerprint density at radius 1 is 1.89 bits per heavy atom. The first kappa shape index (κ1) is 5.96. The summed E-state index contributed by atoms with van der Waals surface area (Å²) in [5, 5.41) is 8.39. The fourth-order valence-corrected chi connectivity index (χ4v) is 0.818. The number of nitriles is 1. The van der Waals surface area contributed by atoms with E-state index in [2.05, 4.69) is 0 Å². The van der Waals surface area contributed by atoms with E-state index in [1.165, 1.54) is 0 Å². The van der Waals surface area contributed by atoms with Gasteiger partial charge >= 0.3 is 0 Å². The van der Waals surface area contributed by atoms with Crippen LogP contribution in [0, 0.1) is 11.3 Å². The molecule has 3 nitrogen and oxygen atoms in total. The third-order valence-corrected chi connectivity index (χ3v) is 1.25. The first-order valence-corrected chi connectivity index (χ1v) is 2.79. The first-order valence-electron chi connectivity index (χ1n) is 2.79. The third-order valence-electron chi connectivity index (χ3n) is 1.25. The lowest BCUT2D eigenvalue weighted by Crippen LogP contribution is -2.03. The van der Waals surface area contributed by atoms with Crippen molar-refractivity contribution in [3.05, 3.63) is 11.5 Å². The van der Waals surface area contributed by atoms with Gasteiger partial charge in [0.25, 0.3) is 0 Å². The zero-order valence-corrected chi connectivity index (χ0v) is 5.22. The molecule has 0 saturated carbocycles. The maximum absolute atomic E-state index is 8.39. The summed E-state index contributed by atoms with van der Waals surface area (Å²) in [6.07, 6.45) is 0.738. The minimum Gasteiger partial charge on any atom is -0.475 e. The van der Waals surface area contributed by atoms with Crippen LogP contribution in [0.3, 0.4) is 0 Å². The molecule has 9 heavy (non-hydrogen) atoms. The lowest BCUT2D eigenvalue weighted by molar-refractivity contribution is 0.158. The predicted molar refractivity (Wildman–Crippen MR) is 32.0 cm³/mol. The highest BCUT2D eigenvalue weighted by Crippen LogP contribution is 2.19. The van der Waals surface area contributed by atoms with Crippen LogP contribution in [0.4, 0.5) is 0 Å². The molecular weight excluding hydrogens is 116 g/mol. The quantitative estimate of drug-likeness (QED) is 0.511. The summed E-state index contributed by atoms with van der Waals surface area (Å²) >= 11 is 0. The van der Waals surface area contributed by atoms with Gasteiger partial charge in [0.2, 0.25) is 0 Å². The van der Waals surface area contributed by atoms with E-state index in [0.29, 0.717) is 17.9 Å². The van der Waals surface area contributed by atoms with Gasteiger partial charge in [-0.05, 0) is 6.92 Å². The zero-order valence-electron chi connectivity index (χ0n) is 5.22. The van der Waals surface area contributed by atoms with Crippen LogP contribution in [0.15, 0.2) is 11.5 Å². The monoisotopic (exact) mass is 124 g/mol. The second kappa shape index (κ2) is 1.98. The smallest absolute Gasteiger partial charge is 0.198 e. The molecule has 1 rings (SSSR count). The van der Waals surface area contributed by atoms with Gasteiger partial charge in [0, 0.05) is 6.42 Å². The average molecular weight is 124 g/mol. The van der Waals surface area contributed by atoms with E-state index in [9.17, 15) is 0 Å². The molecule has 0 aliphatic carbocycles. The van der Waals surface area contributed by atoms with Crippen molar-refractivity contribution >= 4 is 0 Å². The van der Waals surface area contributed by atoms with Crippen LogP contribution in [0.2, 0.25) is 0 Å². The molecule has 1 aliphatic heterocycles. The van der Waals surface area contributed by atoms with Crippen LogP contribution in [0.25, 0.3) is 0 Å². The zero-order chi connectivity index (χ0) is 6.85. The molecule has 0 radical (unpaired) electrons. The molecule has 1 atom stereocenters. The van der Waals surface area contributed by atoms with E-state index in [-0.39, 0.29) is 6.10 Å². The second-order valence-corrected chi connectivity index (χ2v) is 2.09. The van der Waals surface area contributed by atoms with E-state index < -0.39 is 0 Å². The molecule has 0 fully saturated rings. The normalized spacial score (nSPS) is 25.6. The van der Waals surface area contributed by atoms with E-state index in [4.69, 9.17) is 15.7 Å². The summed E-state index contributed by atoms with van der Waals surface area (Å²) in [5.41, 5.74) is 5.89. The summed E-state index contributed by atoms with van der Waals surface area (Å²) < 4.78 is 5.00. The standard InChI is InChI=1S/C6H8N2O/c1-4-2-5(3-7)6(8)9-4/h4H,2,8H2,1H3/t4-/m1/s1. The molecule has 2 N–H and O–H groups in total. The van der Waals surface area contributed by atoms with Crippen molar-refractivity contribution in [2.24, 2.45) is 5.73 Å². The van der Waals surface area contributed by atoms with E-state index >= 15 is 0 Å². The highest BCUT2D eigenvalue weighted by atomic mass is 16.5. The summed E-state index contributed by atoms with van der Waals surface area (Å²) in [6.45, 7) is 1.89. The van der Waals surface area contributed by atoms with Crippen molar-refractivity contribution < 1.29 is 4.74 Å². The summed E-state index contributed by atoms with van der Waals surface area (Å²) in [7, 11) is 0. The Morgan fingerprint density at radius 2 is 2.56 bits per heavy atom. The molecule has 0 aromatic heterocycles. The molecule has 48 valence electrons. The summed E-state index contributed by atoms with van der Waals surface area (Å²) in [5.74, 6) is 0.296. The van der Waals surface area contributed by atoms with Gasteiger partial charge in [-0.25, -0.2) is 0 Å². The van der Waals surface area contributed by atoms with Crippen molar-refractivity contribution in [3.8, 4) is 6.07 Å². The molecule has 0 aromatic carbocycles. The number of nitrogens with zero attached hydrogens (tertiary/aromatic N) is 1. The van der Waals surface area contributed by atoms with Crippen LogP contribution in [-0.2, 0) is 4.74 Å². The first-order chi connectivity index (χ1) is 4.24.